The van der Waals surface area contributed by atoms with E-state index in [0.717, 1.165) is 0 Å². The molecule has 0 spiro atoms. The minimum atomic E-state index is -4.64. The molecule has 0 bridgehead atoms. The lowest BCUT2D eigenvalue weighted by atomic mass is 10.1. The molecule has 1 aromatic carbocycles. The number of rotatable bonds is 6. The number of halogens is 3. The summed E-state index contributed by atoms with van der Waals surface area (Å²) in [6, 6.07) is 7.02. The predicted molar refractivity (Wildman–Crippen MR) is 62.4 cm³/mol. The van der Waals surface area contributed by atoms with Gasteiger partial charge in [0.1, 0.15) is 6.54 Å². The standard InChI is InChI=1S/C10H13F3N2O3S/c11-10(12,13)7-14-19(17,18)15-9(6-16)8-4-2-1-3-5-8/h1-5,9,14-16H,6-7H2/t9-/m0/s1. The van der Waals surface area contributed by atoms with E-state index in [1.165, 1.54) is 4.72 Å². The first kappa shape index (κ1) is 15.9. The van der Waals surface area contributed by atoms with Crippen LogP contribution in [0.4, 0.5) is 13.2 Å². The molecule has 0 aliphatic heterocycles. The second-order valence-electron chi connectivity index (χ2n) is 3.70. The van der Waals surface area contributed by atoms with Gasteiger partial charge in [0.15, 0.2) is 0 Å². The molecule has 5 nitrogen and oxygen atoms in total. The molecule has 0 fully saturated rings. The van der Waals surface area contributed by atoms with E-state index >= 15 is 0 Å². The maximum Gasteiger partial charge on any atom is 0.402 e. The molecule has 1 atom stereocenters. The van der Waals surface area contributed by atoms with Gasteiger partial charge in [0.2, 0.25) is 0 Å². The van der Waals surface area contributed by atoms with Crippen molar-refractivity contribution in [2.45, 2.75) is 12.2 Å². The van der Waals surface area contributed by atoms with Crippen molar-refractivity contribution in [2.24, 2.45) is 0 Å². The van der Waals surface area contributed by atoms with Crippen LogP contribution in [0, 0.1) is 0 Å². The summed E-state index contributed by atoms with van der Waals surface area (Å²) in [5.41, 5.74) is 0.447. The van der Waals surface area contributed by atoms with Gasteiger partial charge in [-0.3, -0.25) is 0 Å². The van der Waals surface area contributed by atoms with Crippen molar-refractivity contribution in [2.75, 3.05) is 13.2 Å². The Hall–Kier alpha value is -1.16. The third-order valence-electron chi connectivity index (χ3n) is 2.14. The van der Waals surface area contributed by atoms with E-state index in [9.17, 15) is 21.6 Å². The van der Waals surface area contributed by atoms with Gasteiger partial charge in [-0.1, -0.05) is 30.3 Å². The Morgan fingerprint density at radius 3 is 2.26 bits per heavy atom. The SMILES string of the molecule is O=S(=O)(NCC(F)(F)F)N[C@@H](CO)c1ccccc1. The molecule has 0 amide bonds. The molecule has 0 saturated carbocycles. The molecule has 0 aromatic heterocycles. The summed E-state index contributed by atoms with van der Waals surface area (Å²) >= 11 is 0. The number of benzene rings is 1. The van der Waals surface area contributed by atoms with Crippen LogP contribution in [0.3, 0.4) is 0 Å². The molecular formula is C10H13F3N2O3S. The Labute approximate surface area is 108 Å². The summed E-state index contributed by atoms with van der Waals surface area (Å²) in [5, 5.41) is 9.09. The van der Waals surface area contributed by atoms with Gasteiger partial charge in [-0.05, 0) is 5.56 Å². The number of alkyl halides is 3. The number of hydrogen-bond donors (Lipinski definition) is 3. The summed E-state index contributed by atoms with van der Waals surface area (Å²) in [4.78, 5) is 0. The molecule has 3 N–H and O–H groups in total. The molecule has 0 unspecified atom stereocenters. The van der Waals surface area contributed by atoms with Crippen molar-refractivity contribution < 1.29 is 26.7 Å². The summed E-state index contributed by atoms with van der Waals surface area (Å²) in [6.07, 6.45) is -4.64. The average molecular weight is 298 g/mol. The molecule has 19 heavy (non-hydrogen) atoms. The van der Waals surface area contributed by atoms with Crippen molar-refractivity contribution in [1.82, 2.24) is 9.44 Å². The van der Waals surface area contributed by atoms with Crippen LogP contribution in [0.15, 0.2) is 30.3 Å². The molecule has 0 aliphatic rings. The Morgan fingerprint density at radius 1 is 1.21 bits per heavy atom. The Kier molecular flexibility index (Phi) is 5.29. The number of nitrogens with one attached hydrogen (secondary N) is 2. The van der Waals surface area contributed by atoms with Gasteiger partial charge in [-0.25, -0.2) is 0 Å². The van der Waals surface area contributed by atoms with E-state index in [1.807, 2.05) is 4.72 Å². The van der Waals surface area contributed by atoms with Gasteiger partial charge in [-0.2, -0.15) is 31.0 Å². The zero-order valence-electron chi connectivity index (χ0n) is 9.68. The minimum absolute atomic E-state index is 0.447. The minimum Gasteiger partial charge on any atom is -0.394 e. The molecule has 0 heterocycles. The van der Waals surface area contributed by atoms with E-state index in [-0.39, 0.29) is 0 Å². The second-order valence-corrected chi connectivity index (χ2v) is 5.23. The summed E-state index contributed by atoms with van der Waals surface area (Å²) < 4.78 is 61.8. The van der Waals surface area contributed by atoms with Crippen LogP contribution < -0.4 is 9.44 Å². The highest BCUT2D eigenvalue weighted by Crippen LogP contribution is 2.14. The van der Waals surface area contributed by atoms with Crippen LogP contribution in [-0.4, -0.2) is 32.9 Å². The van der Waals surface area contributed by atoms with Crippen molar-refractivity contribution in [3.8, 4) is 0 Å². The number of aliphatic hydroxyl groups excluding tert-OH is 1. The summed E-state index contributed by atoms with van der Waals surface area (Å²) in [7, 11) is -4.35. The number of aliphatic hydroxyl groups is 1. The second kappa shape index (κ2) is 6.33. The molecule has 9 heteroatoms. The van der Waals surface area contributed by atoms with Gasteiger partial charge in [0.05, 0.1) is 12.6 Å². The molecule has 0 saturated heterocycles. The van der Waals surface area contributed by atoms with Crippen molar-refractivity contribution >= 4 is 10.2 Å². The first-order valence-corrected chi connectivity index (χ1v) is 6.71. The van der Waals surface area contributed by atoms with E-state index < -0.39 is 35.6 Å². The van der Waals surface area contributed by atoms with Crippen molar-refractivity contribution in [3.05, 3.63) is 35.9 Å². The predicted octanol–water partition coefficient (Wildman–Crippen LogP) is 0.706. The molecule has 0 aliphatic carbocycles. The smallest absolute Gasteiger partial charge is 0.394 e. The number of hydrogen-bond acceptors (Lipinski definition) is 3. The molecule has 108 valence electrons. The van der Waals surface area contributed by atoms with Gasteiger partial charge in [-0.15, -0.1) is 0 Å². The average Bonchev–Trinajstić information content (AvgIpc) is 2.34. The zero-order valence-corrected chi connectivity index (χ0v) is 10.5. The molecule has 0 radical (unpaired) electrons. The zero-order chi connectivity index (χ0) is 14.5. The quantitative estimate of drug-likeness (QED) is 0.723. The Balaban J connectivity index is 2.70. The summed E-state index contributed by atoms with van der Waals surface area (Å²) in [5.74, 6) is 0. The molecule has 1 aromatic rings. The Bertz CT molecular complexity index is 490. The largest absolute Gasteiger partial charge is 0.402 e. The molecular weight excluding hydrogens is 285 g/mol. The van der Waals surface area contributed by atoms with Crippen molar-refractivity contribution in [3.63, 3.8) is 0 Å². The van der Waals surface area contributed by atoms with Crippen LogP contribution in [0.2, 0.25) is 0 Å². The van der Waals surface area contributed by atoms with E-state index in [4.69, 9.17) is 5.11 Å². The van der Waals surface area contributed by atoms with Gasteiger partial charge >= 0.3 is 6.18 Å². The first-order valence-electron chi connectivity index (χ1n) is 5.23. The van der Waals surface area contributed by atoms with E-state index in [1.54, 1.807) is 30.3 Å². The first-order chi connectivity index (χ1) is 8.73. The topological polar surface area (TPSA) is 78.4 Å². The van der Waals surface area contributed by atoms with Crippen LogP contribution in [0.25, 0.3) is 0 Å². The normalized spacial score (nSPS) is 14.3. The molecule has 1 rings (SSSR count). The van der Waals surface area contributed by atoms with Gasteiger partial charge < -0.3 is 5.11 Å². The highest BCUT2D eigenvalue weighted by atomic mass is 32.2. The highest BCUT2D eigenvalue weighted by Gasteiger charge is 2.30. The lowest BCUT2D eigenvalue weighted by molar-refractivity contribution is -0.121. The lowest BCUT2D eigenvalue weighted by Crippen LogP contribution is -2.43. The van der Waals surface area contributed by atoms with E-state index in [0.29, 0.717) is 5.56 Å². The third kappa shape index (κ3) is 6.01. The van der Waals surface area contributed by atoms with E-state index in [2.05, 4.69) is 0 Å². The van der Waals surface area contributed by atoms with Crippen LogP contribution in [-0.2, 0) is 10.2 Å². The summed E-state index contributed by atoms with van der Waals surface area (Å²) in [6.45, 7) is -2.24. The fourth-order valence-electron chi connectivity index (χ4n) is 1.30. The van der Waals surface area contributed by atoms with Gasteiger partial charge in [0, 0.05) is 0 Å². The highest BCUT2D eigenvalue weighted by molar-refractivity contribution is 7.87. The Morgan fingerprint density at radius 2 is 1.79 bits per heavy atom. The fourth-order valence-corrected chi connectivity index (χ4v) is 2.32. The van der Waals surface area contributed by atoms with Gasteiger partial charge in [0.25, 0.3) is 10.2 Å². The van der Waals surface area contributed by atoms with Crippen molar-refractivity contribution in [1.29, 1.82) is 0 Å². The van der Waals surface area contributed by atoms with Crippen LogP contribution >= 0.6 is 0 Å². The third-order valence-corrected chi connectivity index (χ3v) is 3.26. The lowest BCUT2D eigenvalue weighted by Gasteiger charge is -2.17. The van der Waals surface area contributed by atoms with Crippen LogP contribution in [0.5, 0.6) is 0 Å². The van der Waals surface area contributed by atoms with Crippen LogP contribution in [0.1, 0.15) is 11.6 Å². The maximum atomic E-state index is 11.9. The maximum absolute atomic E-state index is 11.9. The monoisotopic (exact) mass is 298 g/mol. The fraction of sp³-hybridized carbons (Fsp3) is 0.400.